The van der Waals surface area contributed by atoms with Gasteiger partial charge >= 0.3 is 0 Å². The van der Waals surface area contributed by atoms with Crippen molar-refractivity contribution in [3.8, 4) is 27.8 Å². The molecule has 2 aliphatic heterocycles. The fourth-order valence-electron chi connectivity index (χ4n) is 9.87. The standard InChI is InChI=1S/C44H38ClN5O9S/c1-21-28-17-23(45)10-14-35(28)60-39(21)32-20-36(47(3)46-32)49-41(53)31-19-29-26(11-12-27-37(29)42(54)48(40(27)52)24-7-6-8-25(18-24)50(56)57)30(44(31,2)43(49)55)13-9-22-15-33(58-4)38(51)34(16-22)59-5/h6-11,13-18,20,27,29-31,37,51H,12,19H2,1-5H3. The summed E-state index contributed by atoms with van der Waals surface area (Å²) >= 11 is 7.86. The summed E-state index contributed by atoms with van der Waals surface area (Å²) in [7, 11) is 4.52. The zero-order chi connectivity index (χ0) is 42.5. The number of anilines is 2. The smallest absolute Gasteiger partial charge is 0.271 e. The number of thiophene rings is 1. The maximum Gasteiger partial charge on any atom is 0.271 e. The molecule has 14 nitrogen and oxygen atoms in total. The van der Waals surface area contributed by atoms with Gasteiger partial charge in [-0.1, -0.05) is 41.5 Å². The molecule has 4 aliphatic rings. The molecule has 2 aliphatic carbocycles. The number of rotatable bonds is 8. The van der Waals surface area contributed by atoms with Crippen LogP contribution >= 0.6 is 22.9 Å². The summed E-state index contributed by atoms with van der Waals surface area (Å²) in [4.78, 5) is 72.8. The second kappa shape index (κ2) is 14.2. The van der Waals surface area contributed by atoms with Crippen molar-refractivity contribution in [3.05, 3.63) is 105 Å². The molecule has 16 heteroatoms. The zero-order valence-electron chi connectivity index (χ0n) is 33.0. The first-order valence-corrected chi connectivity index (χ1v) is 20.4. The van der Waals surface area contributed by atoms with Gasteiger partial charge in [-0.05, 0) is 85.5 Å². The van der Waals surface area contributed by atoms with Crippen molar-refractivity contribution >= 4 is 79.9 Å². The normalized spacial score (nSPS) is 24.9. The van der Waals surface area contributed by atoms with E-state index in [-0.39, 0.29) is 41.5 Å². The van der Waals surface area contributed by atoms with Gasteiger partial charge in [0.2, 0.25) is 29.4 Å². The van der Waals surface area contributed by atoms with Crippen LogP contribution in [0, 0.1) is 52.0 Å². The molecule has 0 bridgehead atoms. The SMILES string of the molecule is COc1cc(C=CC2C3=CCC4C(=O)N(c5cccc([N+](=O)[O-])c5)C(=O)C4C3CC3C(=O)N(c4cc(-c5sc6ccc(Cl)cc6c5C)nn4C)C(=O)C23C)cc(OC)c1O. The Morgan fingerprint density at radius 3 is 2.42 bits per heavy atom. The van der Waals surface area contributed by atoms with E-state index in [9.17, 15) is 29.6 Å². The Morgan fingerprint density at radius 1 is 0.983 bits per heavy atom. The van der Waals surface area contributed by atoms with E-state index >= 15 is 4.79 Å². The van der Waals surface area contributed by atoms with Gasteiger partial charge in [-0.3, -0.25) is 34.0 Å². The number of benzene rings is 3. The average molecular weight is 848 g/mol. The summed E-state index contributed by atoms with van der Waals surface area (Å²) in [6.07, 6.45) is 5.82. The molecule has 0 radical (unpaired) electrons. The van der Waals surface area contributed by atoms with Crippen LogP contribution in [-0.4, -0.2) is 57.7 Å². The molecule has 0 spiro atoms. The Balaban J connectivity index is 1.14. The highest BCUT2D eigenvalue weighted by Gasteiger charge is 2.67. The summed E-state index contributed by atoms with van der Waals surface area (Å²) in [5.74, 6) is -5.33. The number of fused-ring (bicyclic) bond motifs is 5. The van der Waals surface area contributed by atoms with Crippen molar-refractivity contribution in [1.82, 2.24) is 9.78 Å². The number of carbonyl (C=O) groups is 4. The number of imide groups is 2. The maximum atomic E-state index is 15.2. The van der Waals surface area contributed by atoms with E-state index in [2.05, 4.69) is 0 Å². The highest BCUT2D eigenvalue weighted by molar-refractivity contribution is 7.22. The Bertz CT molecular complexity index is 2770. The second-order valence-corrected chi connectivity index (χ2v) is 17.3. The van der Waals surface area contributed by atoms with Gasteiger partial charge < -0.3 is 14.6 Å². The number of nitro groups is 1. The number of aryl methyl sites for hydroxylation is 2. The fraction of sp³-hybridized carbons (Fsp3) is 0.295. The van der Waals surface area contributed by atoms with E-state index in [1.54, 1.807) is 38.2 Å². The average Bonchev–Trinajstić information content (AvgIpc) is 3.90. The number of phenolic OH excluding ortho intramolecular Hbond substituents is 1. The Labute approximate surface area is 352 Å². The van der Waals surface area contributed by atoms with Crippen LogP contribution < -0.4 is 19.3 Å². The van der Waals surface area contributed by atoms with E-state index in [1.165, 1.54) is 59.4 Å². The van der Waals surface area contributed by atoms with Crippen LogP contribution in [0.1, 0.15) is 30.9 Å². The van der Waals surface area contributed by atoms with E-state index in [4.69, 9.17) is 26.2 Å². The number of hydrogen-bond acceptors (Lipinski definition) is 11. The molecule has 2 aromatic heterocycles. The van der Waals surface area contributed by atoms with Crippen molar-refractivity contribution in [2.24, 2.45) is 42.1 Å². The maximum absolute atomic E-state index is 15.2. The largest absolute Gasteiger partial charge is 0.502 e. The predicted octanol–water partition coefficient (Wildman–Crippen LogP) is 7.88. The molecule has 1 saturated carbocycles. The first-order valence-electron chi connectivity index (χ1n) is 19.2. The summed E-state index contributed by atoms with van der Waals surface area (Å²) in [6, 6.07) is 16.1. The number of nitrogens with zero attached hydrogens (tertiary/aromatic N) is 5. The molecular formula is C44H38ClN5O9S. The minimum absolute atomic E-state index is 0.102. The van der Waals surface area contributed by atoms with Gasteiger partial charge in [-0.15, -0.1) is 11.3 Å². The summed E-state index contributed by atoms with van der Waals surface area (Å²) in [6.45, 7) is 3.76. The second-order valence-electron chi connectivity index (χ2n) is 15.8. The Morgan fingerprint density at radius 2 is 1.72 bits per heavy atom. The van der Waals surface area contributed by atoms with E-state index in [0.717, 1.165) is 31.0 Å². The topological polar surface area (TPSA) is 174 Å². The fourth-order valence-corrected chi connectivity index (χ4v) is 11.2. The number of amides is 4. The number of carbonyl (C=O) groups excluding carboxylic acids is 4. The molecule has 3 fully saturated rings. The number of nitro benzene ring substituents is 1. The molecule has 60 heavy (non-hydrogen) atoms. The van der Waals surface area contributed by atoms with Gasteiger partial charge in [-0.25, -0.2) is 9.80 Å². The molecule has 5 aromatic rings. The quantitative estimate of drug-likeness (QED) is 0.0700. The highest BCUT2D eigenvalue weighted by atomic mass is 35.5. The Hall–Kier alpha value is -6.32. The van der Waals surface area contributed by atoms with Crippen molar-refractivity contribution < 1.29 is 38.7 Å². The van der Waals surface area contributed by atoms with Crippen molar-refractivity contribution in [2.75, 3.05) is 24.0 Å². The first kappa shape index (κ1) is 39.2. The predicted molar refractivity (Wildman–Crippen MR) is 225 cm³/mol. The molecular weight excluding hydrogens is 810 g/mol. The van der Waals surface area contributed by atoms with Gasteiger partial charge in [0, 0.05) is 40.9 Å². The van der Waals surface area contributed by atoms with Crippen LogP contribution in [0.2, 0.25) is 5.02 Å². The number of halogens is 1. The number of hydrogen-bond donors (Lipinski definition) is 1. The van der Waals surface area contributed by atoms with Crippen LogP contribution in [0.5, 0.6) is 17.2 Å². The molecule has 6 atom stereocenters. The van der Waals surface area contributed by atoms with Crippen molar-refractivity contribution in [1.29, 1.82) is 0 Å². The Kier molecular flexibility index (Phi) is 9.24. The van der Waals surface area contributed by atoms with E-state index in [1.807, 2.05) is 37.3 Å². The molecule has 306 valence electrons. The monoisotopic (exact) mass is 847 g/mol. The molecule has 4 heterocycles. The van der Waals surface area contributed by atoms with Crippen molar-refractivity contribution in [3.63, 3.8) is 0 Å². The third kappa shape index (κ3) is 5.69. The minimum Gasteiger partial charge on any atom is -0.502 e. The number of phenols is 1. The zero-order valence-corrected chi connectivity index (χ0v) is 34.6. The molecule has 4 amide bonds. The first-order chi connectivity index (χ1) is 28.7. The molecule has 1 N–H and O–H groups in total. The third-order valence-corrected chi connectivity index (χ3v) is 14.4. The lowest BCUT2D eigenvalue weighted by atomic mass is 9.52. The lowest BCUT2D eigenvalue weighted by Crippen LogP contribution is -2.49. The van der Waals surface area contributed by atoms with Crippen LogP contribution in [0.3, 0.4) is 0 Å². The van der Waals surface area contributed by atoms with Crippen LogP contribution in [0.25, 0.3) is 26.7 Å². The number of methoxy groups -OCH3 is 2. The molecule has 9 rings (SSSR count). The van der Waals surface area contributed by atoms with Crippen LogP contribution in [0.15, 0.2) is 78.4 Å². The highest BCUT2D eigenvalue weighted by Crippen LogP contribution is 2.61. The number of non-ortho nitro benzene ring substituents is 1. The molecule has 3 aromatic carbocycles. The lowest BCUT2D eigenvalue weighted by molar-refractivity contribution is -0.384. The molecule has 2 saturated heterocycles. The van der Waals surface area contributed by atoms with Gasteiger partial charge in [0.25, 0.3) is 5.69 Å². The third-order valence-electron chi connectivity index (χ3n) is 12.8. The van der Waals surface area contributed by atoms with E-state index < -0.39 is 63.6 Å². The van der Waals surface area contributed by atoms with Crippen LogP contribution in [0.4, 0.5) is 17.2 Å². The molecule has 6 unspecified atom stereocenters. The van der Waals surface area contributed by atoms with Crippen molar-refractivity contribution in [2.45, 2.75) is 26.7 Å². The number of ether oxygens (including phenoxy) is 2. The van der Waals surface area contributed by atoms with Gasteiger partial charge in [0.05, 0.1) is 52.9 Å². The summed E-state index contributed by atoms with van der Waals surface area (Å²) in [5, 5.41) is 28.6. The summed E-state index contributed by atoms with van der Waals surface area (Å²) in [5.41, 5.74) is 1.38. The van der Waals surface area contributed by atoms with E-state index in [0.29, 0.717) is 22.1 Å². The van der Waals surface area contributed by atoms with Gasteiger partial charge in [0.15, 0.2) is 11.5 Å². The lowest BCUT2D eigenvalue weighted by Gasteiger charge is -2.47. The number of aromatic nitrogens is 2. The van der Waals surface area contributed by atoms with Gasteiger partial charge in [0.1, 0.15) is 11.5 Å². The van der Waals surface area contributed by atoms with Crippen LogP contribution in [-0.2, 0) is 26.2 Å². The van der Waals surface area contributed by atoms with Gasteiger partial charge in [-0.2, -0.15) is 5.10 Å². The summed E-state index contributed by atoms with van der Waals surface area (Å²) < 4.78 is 13.3. The number of aromatic hydroxyl groups is 1. The minimum atomic E-state index is -1.34. The number of allylic oxidation sites excluding steroid dienone is 3.